The largest absolute Gasteiger partial charge is 0.385 e. The summed E-state index contributed by atoms with van der Waals surface area (Å²) in [5.41, 5.74) is 0.983. The second-order valence-electron chi connectivity index (χ2n) is 5.66. The van der Waals surface area contributed by atoms with Crippen LogP contribution in [0.15, 0.2) is 18.2 Å². The van der Waals surface area contributed by atoms with Crippen molar-refractivity contribution in [2.45, 2.75) is 45.6 Å². The van der Waals surface area contributed by atoms with Crippen molar-refractivity contribution in [3.8, 4) is 0 Å². The quantitative estimate of drug-likeness (QED) is 0.786. The molecule has 1 aromatic carbocycles. The SMILES string of the molecule is Cc1cc(F)ccc1C1(O)CCC(C)CC1C. The summed E-state index contributed by atoms with van der Waals surface area (Å²) in [4.78, 5) is 0. The summed E-state index contributed by atoms with van der Waals surface area (Å²) < 4.78 is 13.1. The van der Waals surface area contributed by atoms with Crippen LogP contribution in [0.2, 0.25) is 0 Å². The second kappa shape index (κ2) is 4.41. The van der Waals surface area contributed by atoms with Crippen LogP contribution in [0, 0.1) is 24.6 Å². The van der Waals surface area contributed by atoms with Crippen LogP contribution in [0.25, 0.3) is 0 Å². The van der Waals surface area contributed by atoms with Crippen LogP contribution in [0.1, 0.15) is 44.2 Å². The van der Waals surface area contributed by atoms with Crippen molar-refractivity contribution in [3.63, 3.8) is 0 Å². The minimum absolute atomic E-state index is 0.230. The molecule has 0 radical (unpaired) electrons. The summed E-state index contributed by atoms with van der Waals surface area (Å²) >= 11 is 0. The molecule has 0 amide bonds. The van der Waals surface area contributed by atoms with E-state index in [4.69, 9.17) is 0 Å². The van der Waals surface area contributed by atoms with Crippen LogP contribution >= 0.6 is 0 Å². The minimum Gasteiger partial charge on any atom is -0.385 e. The van der Waals surface area contributed by atoms with Gasteiger partial charge in [-0.3, -0.25) is 0 Å². The van der Waals surface area contributed by atoms with Crippen LogP contribution in [-0.2, 0) is 5.60 Å². The average Bonchev–Trinajstić information content (AvgIpc) is 2.24. The highest BCUT2D eigenvalue weighted by molar-refractivity contribution is 5.33. The summed E-state index contributed by atoms with van der Waals surface area (Å²) in [6.07, 6.45) is 2.85. The first-order chi connectivity index (χ1) is 7.93. The van der Waals surface area contributed by atoms with Gasteiger partial charge in [-0.2, -0.15) is 0 Å². The Labute approximate surface area is 103 Å². The zero-order chi connectivity index (χ0) is 12.6. The molecule has 2 rings (SSSR count). The van der Waals surface area contributed by atoms with Gasteiger partial charge in [0.15, 0.2) is 0 Å². The van der Waals surface area contributed by atoms with Crippen molar-refractivity contribution in [1.29, 1.82) is 0 Å². The Bertz CT molecular complexity index is 415. The van der Waals surface area contributed by atoms with E-state index in [9.17, 15) is 9.50 Å². The Hall–Kier alpha value is -0.890. The molecule has 0 bridgehead atoms. The van der Waals surface area contributed by atoms with Gasteiger partial charge in [0.05, 0.1) is 5.60 Å². The van der Waals surface area contributed by atoms with Crippen LogP contribution in [0.3, 0.4) is 0 Å². The van der Waals surface area contributed by atoms with Crippen LogP contribution in [-0.4, -0.2) is 5.11 Å². The number of aliphatic hydroxyl groups is 1. The molecule has 3 atom stereocenters. The Morgan fingerprint density at radius 2 is 2.06 bits per heavy atom. The molecule has 17 heavy (non-hydrogen) atoms. The number of hydrogen-bond acceptors (Lipinski definition) is 1. The molecule has 2 heteroatoms. The zero-order valence-electron chi connectivity index (χ0n) is 10.8. The fourth-order valence-electron chi connectivity index (χ4n) is 3.14. The van der Waals surface area contributed by atoms with Crippen molar-refractivity contribution < 1.29 is 9.50 Å². The number of halogens is 1. The molecule has 0 aliphatic heterocycles. The molecule has 0 saturated heterocycles. The molecule has 1 aromatic rings. The summed E-state index contributed by atoms with van der Waals surface area (Å²) in [6, 6.07) is 4.71. The number of aryl methyl sites for hydroxylation is 1. The van der Waals surface area contributed by atoms with Crippen LogP contribution < -0.4 is 0 Å². The van der Waals surface area contributed by atoms with Crippen LogP contribution in [0.5, 0.6) is 0 Å². The predicted octanol–water partition coefficient (Wildman–Crippen LogP) is 3.78. The molecule has 1 N–H and O–H groups in total. The maximum absolute atomic E-state index is 13.1. The summed E-state index contributed by atoms with van der Waals surface area (Å²) in [5, 5.41) is 10.9. The molecule has 1 aliphatic rings. The lowest BCUT2D eigenvalue weighted by molar-refractivity contribution is -0.0592. The summed E-state index contributed by atoms with van der Waals surface area (Å²) in [7, 11) is 0. The van der Waals surface area contributed by atoms with Crippen molar-refractivity contribution in [2.24, 2.45) is 11.8 Å². The van der Waals surface area contributed by atoms with Gasteiger partial charge in [0.1, 0.15) is 5.82 Å². The van der Waals surface area contributed by atoms with Gasteiger partial charge in [-0.1, -0.05) is 19.9 Å². The lowest BCUT2D eigenvalue weighted by Gasteiger charge is -2.41. The Morgan fingerprint density at radius 3 is 2.65 bits per heavy atom. The van der Waals surface area contributed by atoms with Crippen molar-refractivity contribution in [2.75, 3.05) is 0 Å². The van der Waals surface area contributed by atoms with Crippen LogP contribution in [0.4, 0.5) is 4.39 Å². The van der Waals surface area contributed by atoms with E-state index in [0.29, 0.717) is 5.92 Å². The highest BCUT2D eigenvalue weighted by Crippen LogP contribution is 2.44. The highest BCUT2D eigenvalue weighted by atomic mass is 19.1. The maximum atomic E-state index is 13.1. The fraction of sp³-hybridized carbons (Fsp3) is 0.600. The highest BCUT2D eigenvalue weighted by Gasteiger charge is 2.40. The maximum Gasteiger partial charge on any atom is 0.123 e. The number of rotatable bonds is 1. The van der Waals surface area contributed by atoms with Gasteiger partial charge < -0.3 is 5.11 Å². The minimum atomic E-state index is -0.774. The van der Waals surface area contributed by atoms with Gasteiger partial charge in [-0.05, 0) is 61.3 Å². The van der Waals surface area contributed by atoms with E-state index >= 15 is 0 Å². The summed E-state index contributed by atoms with van der Waals surface area (Å²) in [5.74, 6) is 0.674. The van der Waals surface area contributed by atoms with Gasteiger partial charge in [0.25, 0.3) is 0 Å². The van der Waals surface area contributed by atoms with Gasteiger partial charge >= 0.3 is 0 Å². The lowest BCUT2D eigenvalue weighted by Crippen LogP contribution is -2.39. The monoisotopic (exact) mass is 236 g/mol. The molecule has 0 aromatic heterocycles. The van der Waals surface area contributed by atoms with Gasteiger partial charge in [-0.25, -0.2) is 4.39 Å². The molecular formula is C15H21FO. The van der Waals surface area contributed by atoms with E-state index in [2.05, 4.69) is 13.8 Å². The van der Waals surface area contributed by atoms with E-state index in [1.807, 2.05) is 6.92 Å². The molecule has 3 unspecified atom stereocenters. The van der Waals surface area contributed by atoms with Crippen molar-refractivity contribution in [3.05, 3.63) is 35.1 Å². The molecule has 1 saturated carbocycles. The first-order valence-electron chi connectivity index (χ1n) is 6.42. The Kier molecular flexibility index (Phi) is 3.26. The topological polar surface area (TPSA) is 20.2 Å². The molecule has 0 spiro atoms. The molecule has 0 heterocycles. The third kappa shape index (κ3) is 2.23. The molecule has 1 nitrogen and oxygen atoms in total. The zero-order valence-corrected chi connectivity index (χ0v) is 10.8. The Morgan fingerprint density at radius 1 is 1.35 bits per heavy atom. The first kappa shape index (κ1) is 12.6. The first-order valence-corrected chi connectivity index (χ1v) is 6.42. The Balaban J connectivity index is 2.37. The van der Waals surface area contributed by atoms with E-state index in [1.165, 1.54) is 12.1 Å². The van der Waals surface area contributed by atoms with E-state index < -0.39 is 5.60 Å². The van der Waals surface area contributed by atoms with E-state index in [-0.39, 0.29) is 11.7 Å². The molecular weight excluding hydrogens is 215 g/mol. The molecule has 94 valence electrons. The van der Waals surface area contributed by atoms with Gasteiger partial charge in [-0.15, -0.1) is 0 Å². The molecule has 1 aliphatic carbocycles. The predicted molar refractivity (Wildman–Crippen MR) is 67.2 cm³/mol. The molecule has 1 fully saturated rings. The number of hydrogen-bond donors (Lipinski definition) is 1. The number of benzene rings is 1. The smallest absolute Gasteiger partial charge is 0.123 e. The normalized spacial score (nSPS) is 33.7. The fourth-order valence-corrected chi connectivity index (χ4v) is 3.14. The van der Waals surface area contributed by atoms with E-state index in [0.717, 1.165) is 30.4 Å². The standard InChI is InChI=1S/C15H21FO/c1-10-6-7-15(17,12(3)8-10)14-5-4-13(16)9-11(14)2/h4-5,9-10,12,17H,6-8H2,1-3H3. The van der Waals surface area contributed by atoms with E-state index in [1.54, 1.807) is 6.07 Å². The van der Waals surface area contributed by atoms with Gasteiger partial charge in [0, 0.05) is 0 Å². The van der Waals surface area contributed by atoms with Gasteiger partial charge in [0.2, 0.25) is 0 Å². The second-order valence-corrected chi connectivity index (χ2v) is 5.66. The third-order valence-electron chi connectivity index (χ3n) is 4.24. The van der Waals surface area contributed by atoms with Crippen molar-refractivity contribution in [1.82, 2.24) is 0 Å². The van der Waals surface area contributed by atoms with Crippen molar-refractivity contribution >= 4 is 0 Å². The lowest BCUT2D eigenvalue weighted by atomic mass is 9.68. The average molecular weight is 236 g/mol. The third-order valence-corrected chi connectivity index (χ3v) is 4.24. The summed E-state index contributed by atoms with van der Waals surface area (Å²) in [6.45, 7) is 6.20.